The third-order valence-electron chi connectivity index (χ3n) is 3.93. The second-order valence-corrected chi connectivity index (χ2v) is 8.92. The average Bonchev–Trinajstić information content (AvgIpc) is 3.40. The first kappa shape index (κ1) is 21.1. The van der Waals surface area contributed by atoms with Crippen LogP contribution in [-0.4, -0.2) is 53.5 Å². The predicted octanol–water partition coefficient (Wildman–Crippen LogP) is 3.79. The van der Waals surface area contributed by atoms with Crippen LogP contribution >= 0.6 is 0 Å². The summed E-state index contributed by atoms with van der Waals surface area (Å²) >= 11 is 0. The summed E-state index contributed by atoms with van der Waals surface area (Å²) in [6.07, 6.45) is 4.11. The highest BCUT2D eigenvalue weighted by Gasteiger charge is 2.43. The van der Waals surface area contributed by atoms with Gasteiger partial charge in [-0.2, -0.15) is 0 Å². The van der Waals surface area contributed by atoms with Crippen LogP contribution in [0.4, 0.5) is 0 Å². The first-order chi connectivity index (χ1) is 11.1. The molecule has 1 fully saturated rings. The van der Waals surface area contributed by atoms with Crippen LogP contribution in [-0.2, 0) is 22.8 Å². The molecule has 1 aliphatic heterocycles. The van der Waals surface area contributed by atoms with Crippen molar-refractivity contribution in [2.45, 2.75) is 84.7 Å². The fourth-order valence-electron chi connectivity index (χ4n) is 2.45. The predicted molar refractivity (Wildman–Crippen MR) is 93.7 cm³/mol. The van der Waals surface area contributed by atoms with Gasteiger partial charge in [-0.05, 0) is 25.7 Å². The van der Waals surface area contributed by atoms with Crippen molar-refractivity contribution in [3.05, 3.63) is 0 Å². The molecule has 0 N–H and O–H groups in total. The fraction of sp³-hybridized carbons (Fsp3) is 1.00. The standard InChI is InChI=1S/C17H36O5Si/c1-6-11-20-23(10-5,21-12-7-2)22-17(9-4)16(8-3)19-14-15-13-18-15/h15-17H,6-14H2,1-5H3. The Bertz CT molecular complexity index is 291. The Hall–Kier alpha value is 0.0169. The maximum Gasteiger partial charge on any atom is 0.501 e. The highest BCUT2D eigenvalue weighted by atomic mass is 28.4. The SMILES string of the molecule is CCCO[Si](CC)(OCCC)OC(CC)C(CC)OCC1CO1. The second-order valence-electron chi connectivity index (χ2n) is 6.03. The Morgan fingerprint density at radius 2 is 1.52 bits per heavy atom. The van der Waals surface area contributed by atoms with Gasteiger partial charge in [0.1, 0.15) is 6.10 Å². The van der Waals surface area contributed by atoms with E-state index in [-0.39, 0.29) is 18.3 Å². The molecule has 0 aromatic carbocycles. The lowest BCUT2D eigenvalue weighted by Crippen LogP contribution is -2.51. The van der Waals surface area contributed by atoms with Gasteiger partial charge in [0.15, 0.2) is 0 Å². The molecule has 0 aliphatic carbocycles. The molecule has 0 bridgehead atoms. The highest BCUT2D eigenvalue weighted by Crippen LogP contribution is 2.24. The molecule has 5 nitrogen and oxygen atoms in total. The summed E-state index contributed by atoms with van der Waals surface area (Å²) < 4.78 is 30.0. The number of hydrogen-bond donors (Lipinski definition) is 0. The van der Waals surface area contributed by atoms with Crippen LogP contribution < -0.4 is 0 Å². The van der Waals surface area contributed by atoms with Crippen LogP contribution in [0.2, 0.25) is 6.04 Å². The van der Waals surface area contributed by atoms with Crippen LogP contribution in [0, 0.1) is 0 Å². The Morgan fingerprint density at radius 3 is 1.91 bits per heavy atom. The summed E-state index contributed by atoms with van der Waals surface area (Å²) in [4.78, 5) is 0. The Kier molecular flexibility index (Phi) is 10.6. The number of rotatable bonds is 15. The lowest BCUT2D eigenvalue weighted by atomic mass is 10.1. The molecule has 0 aromatic heterocycles. The minimum atomic E-state index is -2.63. The minimum Gasteiger partial charge on any atom is -0.373 e. The maximum atomic E-state index is 6.48. The monoisotopic (exact) mass is 348 g/mol. The molecule has 1 aliphatic rings. The zero-order valence-corrected chi connectivity index (χ0v) is 16.6. The van der Waals surface area contributed by atoms with E-state index in [9.17, 15) is 0 Å². The normalized spacial score (nSPS) is 20.5. The van der Waals surface area contributed by atoms with Gasteiger partial charge >= 0.3 is 8.80 Å². The lowest BCUT2D eigenvalue weighted by Gasteiger charge is -2.35. The molecule has 0 aromatic rings. The van der Waals surface area contributed by atoms with E-state index in [2.05, 4.69) is 34.6 Å². The van der Waals surface area contributed by atoms with Crippen molar-refractivity contribution in [2.24, 2.45) is 0 Å². The average molecular weight is 349 g/mol. The van der Waals surface area contributed by atoms with Gasteiger partial charge in [-0.25, -0.2) is 0 Å². The molecular weight excluding hydrogens is 312 g/mol. The molecule has 138 valence electrons. The van der Waals surface area contributed by atoms with Crippen molar-refractivity contribution in [3.8, 4) is 0 Å². The van der Waals surface area contributed by atoms with Gasteiger partial charge in [0.05, 0.1) is 25.4 Å². The summed E-state index contributed by atoms with van der Waals surface area (Å²) in [6.45, 7) is 13.5. The first-order valence-corrected chi connectivity index (χ1v) is 11.3. The van der Waals surface area contributed by atoms with Crippen molar-refractivity contribution in [3.63, 3.8) is 0 Å². The van der Waals surface area contributed by atoms with E-state index in [0.717, 1.165) is 38.3 Å². The summed E-state index contributed by atoms with van der Waals surface area (Å²) in [7, 11) is -2.63. The fourth-order valence-corrected chi connectivity index (χ4v) is 5.05. The molecule has 0 spiro atoms. The number of hydrogen-bond acceptors (Lipinski definition) is 5. The van der Waals surface area contributed by atoms with Crippen LogP contribution in [0.5, 0.6) is 0 Å². The third kappa shape index (κ3) is 7.62. The van der Waals surface area contributed by atoms with Crippen molar-refractivity contribution in [2.75, 3.05) is 26.4 Å². The van der Waals surface area contributed by atoms with Crippen LogP contribution in [0.1, 0.15) is 60.3 Å². The number of epoxide rings is 1. The zero-order valence-electron chi connectivity index (χ0n) is 15.6. The van der Waals surface area contributed by atoms with Gasteiger partial charge in [0.25, 0.3) is 0 Å². The van der Waals surface area contributed by atoms with E-state index >= 15 is 0 Å². The van der Waals surface area contributed by atoms with E-state index in [4.69, 9.17) is 22.8 Å². The molecule has 0 amide bonds. The van der Waals surface area contributed by atoms with Gasteiger partial charge in [0, 0.05) is 19.3 Å². The highest BCUT2D eigenvalue weighted by molar-refractivity contribution is 6.60. The summed E-state index contributed by atoms with van der Waals surface area (Å²) in [5, 5.41) is 0. The lowest BCUT2D eigenvalue weighted by molar-refractivity contribution is -0.0670. The molecule has 0 radical (unpaired) electrons. The third-order valence-corrected chi connectivity index (χ3v) is 6.75. The molecule has 0 saturated carbocycles. The van der Waals surface area contributed by atoms with Gasteiger partial charge in [-0.1, -0.05) is 34.6 Å². The van der Waals surface area contributed by atoms with E-state index < -0.39 is 8.80 Å². The van der Waals surface area contributed by atoms with Crippen molar-refractivity contribution in [1.29, 1.82) is 0 Å². The molecule has 6 heteroatoms. The first-order valence-electron chi connectivity index (χ1n) is 9.33. The zero-order chi connectivity index (χ0) is 17.1. The van der Waals surface area contributed by atoms with Gasteiger partial charge in [-0.15, -0.1) is 0 Å². The molecule has 1 saturated heterocycles. The summed E-state index contributed by atoms with van der Waals surface area (Å²) in [6, 6.07) is 0.797. The summed E-state index contributed by atoms with van der Waals surface area (Å²) in [5.41, 5.74) is 0. The second kappa shape index (κ2) is 11.6. The maximum absolute atomic E-state index is 6.48. The van der Waals surface area contributed by atoms with Gasteiger partial charge < -0.3 is 22.8 Å². The van der Waals surface area contributed by atoms with E-state index in [0.29, 0.717) is 19.8 Å². The number of ether oxygens (including phenoxy) is 2. The van der Waals surface area contributed by atoms with E-state index in [1.807, 2.05) is 0 Å². The quantitative estimate of drug-likeness (QED) is 0.333. The Morgan fingerprint density at radius 1 is 0.957 bits per heavy atom. The summed E-state index contributed by atoms with van der Waals surface area (Å²) in [5.74, 6) is 0. The minimum absolute atomic E-state index is 0.0130. The van der Waals surface area contributed by atoms with Crippen LogP contribution in [0.25, 0.3) is 0 Å². The molecular formula is C17H36O5Si. The van der Waals surface area contributed by atoms with Gasteiger partial charge in [-0.3, -0.25) is 0 Å². The van der Waals surface area contributed by atoms with Crippen molar-refractivity contribution < 1.29 is 22.8 Å². The molecule has 3 unspecified atom stereocenters. The van der Waals surface area contributed by atoms with Crippen molar-refractivity contribution in [1.82, 2.24) is 0 Å². The smallest absolute Gasteiger partial charge is 0.373 e. The Labute approximate surface area is 143 Å². The molecule has 23 heavy (non-hydrogen) atoms. The molecule has 3 atom stereocenters. The molecule has 1 heterocycles. The van der Waals surface area contributed by atoms with E-state index in [1.165, 1.54) is 0 Å². The van der Waals surface area contributed by atoms with Gasteiger partial charge in [0.2, 0.25) is 0 Å². The molecule has 1 rings (SSSR count). The van der Waals surface area contributed by atoms with Crippen LogP contribution in [0.3, 0.4) is 0 Å². The van der Waals surface area contributed by atoms with E-state index in [1.54, 1.807) is 0 Å². The topological polar surface area (TPSA) is 49.5 Å². The van der Waals surface area contributed by atoms with Crippen molar-refractivity contribution >= 4 is 8.80 Å². The Balaban J connectivity index is 2.68. The van der Waals surface area contributed by atoms with Crippen LogP contribution in [0.15, 0.2) is 0 Å². The largest absolute Gasteiger partial charge is 0.501 e.